The predicted molar refractivity (Wildman–Crippen MR) is 102 cm³/mol. The molecule has 1 aromatic heterocycles. The minimum absolute atomic E-state index is 0.243. The summed E-state index contributed by atoms with van der Waals surface area (Å²) in [5, 5.41) is 6.59. The number of benzene rings is 2. The SMILES string of the molecule is O=C(Nc1ccccc1Cl)c1cncc(NCCc2ccccc2)c1. The van der Waals surface area contributed by atoms with Crippen LogP contribution in [-0.4, -0.2) is 17.4 Å². The van der Waals surface area contributed by atoms with Crippen LogP contribution in [0.5, 0.6) is 0 Å². The van der Waals surface area contributed by atoms with E-state index in [1.165, 1.54) is 11.8 Å². The molecule has 0 radical (unpaired) electrons. The Hall–Kier alpha value is -2.85. The van der Waals surface area contributed by atoms with Gasteiger partial charge in [0.1, 0.15) is 0 Å². The Bertz CT molecular complexity index is 852. The number of rotatable bonds is 6. The van der Waals surface area contributed by atoms with E-state index in [2.05, 4.69) is 27.8 Å². The van der Waals surface area contributed by atoms with Crippen molar-refractivity contribution < 1.29 is 4.79 Å². The van der Waals surface area contributed by atoms with Gasteiger partial charge in [-0.25, -0.2) is 0 Å². The predicted octanol–water partition coefficient (Wildman–Crippen LogP) is 4.64. The second-order valence-electron chi connectivity index (χ2n) is 5.56. The van der Waals surface area contributed by atoms with E-state index in [4.69, 9.17) is 11.6 Å². The van der Waals surface area contributed by atoms with Gasteiger partial charge in [-0.1, -0.05) is 54.1 Å². The van der Waals surface area contributed by atoms with Gasteiger partial charge in [0.2, 0.25) is 0 Å². The van der Waals surface area contributed by atoms with Crippen molar-refractivity contribution >= 4 is 28.9 Å². The molecule has 0 fully saturated rings. The molecular formula is C20H18ClN3O. The Balaban J connectivity index is 1.61. The van der Waals surface area contributed by atoms with Crippen molar-refractivity contribution in [3.63, 3.8) is 0 Å². The molecule has 0 spiro atoms. The van der Waals surface area contributed by atoms with Crippen LogP contribution in [0.1, 0.15) is 15.9 Å². The van der Waals surface area contributed by atoms with E-state index in [9.17, 15) is 4.79 Å². The Morgan fingerprint density at radius 2 is 1.76 bits per heavy atom. The van der Waals surface area contributed by atoms with Crippen LogP contribution in [0.25, 0.3) is 0 Å². The molecule has 0 saturated heterocycles. The third kappa shape index (κ3) is 4.81. The first-order valence-corrected chi connectivity index (χ1v) is 8.39. The van der Waals surface area contributed by atoms with Gasteiger partial charge >= 0.3 is 0 Å². The number of carbonyl (C=O) groups is 1. The van der Waals surface area contributed by atoms with E-state index in [0.29, 0.717) is 16.3 Å². The topological polar surface area (TPSA) is 54.0 Å². The van der Waals surface area contributed by atoms with Gasteiger partial charge in [0.25, 0.3) is 5.91 Å². The van der Waals surface area contributed by atoms with E-state index in [1.807, 2.05) is 30.3 Å². The highest BCUT2D eigenvalue weighted by Crippen LogP contribution is 2.21. The lowest BCUT2D eigenvalue weighted by Gasteiger charge is -2.09. The van der Waals surface area contributed by atoms with Crippen molar-refractivity contribution in [2.45, 2.75) is 6.42 Å². The molecule has 1 heterocycles. The number of nitrogens with one attached hydrogen (secondary N) is 2. The molecule has 0 bridgehead atoms. The maximum Gasteiger partial charge on any atom is 0.257 e. The van der Waals surface area contributed by atoms with Crippen LogP contribution in [0.4, 0.5) is 11.4 Å². The summed E-state index contributed by atoms with van der Waals surface area (Å²) < 4.78 is 0. The second-order valence-corrected chi connectivity index (χ2v) is 5.97. The van der Waals surface area contributed by atoms with Crippen molar-refractivity contribution in [2.75, 3.05) is 17.2 Å². The fraction of sp³-hybridized carbons (Fsp3) is 0.100. The number of carbonyl (C=O) groups excluding carboxylic acids is 1. The number of para-hydroxylation sites is 1. The number of amides is 1. The highest BCUT2D eigenvalue weighted by atomic mass is 35.5. The molecule has 126 valence electrons. The largest absolute Gasteiger partial charge is 0.383 e. The average Bonchev–Trinajstić information content (AvgIpc) is 2.65. The monoisotopic (exact) mass is 351 g/mol. The van der Waals surface area contributed by atoms with Crippen LogP contribution >= 0.6 is 11.6 Å². The van der Waals surface area contributed by atoms with Gasteiger partial charge in [0.05, 0.1) is 22.0 Å². The number of halogens is 1. The van der Waals surface area contributed by atoms with Crippen molar-refractivity contribution in [1.29, 1.82) is 0 Å². The summed E-state index contributed by atoms with van der Waals surface area (Å²) in [5.74, 6) is -0.243. The minimum atomic E-state index is -0.243. The molecule has 0 unspecified atom stereocenters. The van der Waals surface area contributed by atoms with Gasteiger partial charge in [-0.05, 0) is 30.2 Å². The lowest BCUT2D eigenvalue weighted by molar-refractivity contribution is 0.102. The Labute approximate surface area is 151 Å². The number of pyridine rings is 1. The lowest BCUT2D eigenvalue weighted by Crippen LogP contribution is -2.13. The lowest BCUT2D eigenvalue weighted by atomic mass is 10.1. The van der Waals surface area contributed by atoms with Crippen LogP contribution in [0, 0.1) is 0 Å². The molecule has 5 heteroatoms. The van der Waals surface area contributed by atoms with Crippen molar-refractivity contribution in [2.24, 2.45) is 0 Å². The molecule has 2 N–H and O–H groups in total. The fourth-order valence-corrected chi connectivity index (χ4v) is 2.60. The van der Waals surface area contributed by atoms with E-state index in [1.54, 1.807) is 24.4 Å². The van der Waals surface area contributed by atoms with E-state index in [-0.39, 0.29) is 5.91 Å². The zero-order valence-electron chi connectivity index (χ0n) is 13.6. The van der Waals surface area contributed by atoms with E-state index < -0.39 is 0 Å². The highest BCUT2D eigenvalue weighted by molar-refractivity contribution is 6.33. The highest BCUT2D eigenvalue weighted by Gasteiger charge is 2.09. The van der Waals surface area contributed by atoms with Crippen LogP contribution in [0.3, 0.4) is 0 Å². The summed E-state index contributed by atoms with van der Waals surface area (Å²) >= 11 is 6.07. The molecule has 2 aromatic carbocycles. The van der Waals surface area contributed by atoms with Gasteiger partial charge in [0, 0.05) is 18.9 Å². The number of hydrogen-bond acceptors (Lipinski definition) is 3. The van der Waals surface area contributed by atoms with Gasteiger partial charge < -0.3 is 10.6 Å². The summed E-state index contributed by atoms with van der Waals surface area (Å²) in [6.07, 6.45) is 4.14. The smallest absolute Gasteiger partial charge is 0.257 e. The third-order valence-electron chi connectivity index (χ3n) is 3.71. The van der Waals surface area contributed by atoms with Crippen molar-refractivity contribution in [1.82, 2.24) is 4.98 Å². The minimum Gasteiger partial charge on any atom is -0.383 e. The number of nitrogens with zero attached hydrogens (tertiary/aromatic N) is 1. The first kappa shape index (κ1) is 17.0. The van der Waals surface area contributed by atoms with Crippen molar-refractivity contribution in [3.8, 4) is 0 Å². The average molecular weight is 352 g/mol. The first-order chi connectivity index (χ1) is 12.2. The van der Waals surface area contributed by atoms with Gasteiger partial charge in [-0.2, -0.15) is 0 Å². The molecule has 1 amide bonds. The number of aromatic nitrogens is 1. The van der Waals surface area contributed by atoms with E-state index >= 15 is 0 Å². The molecule has 3 rings (SSSR count). The number of anilines is 2. The summed E-state index contributed by atoms with van der Waals surface area (Å²) in [5.41, 5.74) is 3.12. The normalized spacial score (nSPS) is 10.3. The zero-order valence-corrected chi connectivity index (χ0v) is 14.3. The van der Waals surface area contributed by atoms with E-state index in [0.717, 1.165) is 18.7 Å². The summed E-state index contributed by atoms with van der Waals surface area (Å²) in [6.45, 7) is 0.765. The summed E-state index contributed by atoms with van der Waals surface area (Å²) in [7, 11) is 0. The molecule has 0 aliphatic rings. The Morgan fingerprint density at radius 1 is 1.00 bits per heavy atom. The molecule has 0 saturated carbocycles. The van der Waals surface area contributed by atoms with Crippen LogP contribution < -0.4 is 10.6 Å². The molecule has 4 nitrogen and oxygen atoms in total. The van der Waals surface area contributed by atoms with Crippen LogP contribution in [-0.2, 0) is 6.42 Å². The van der Waals surface area contributed by atoms with Crippen LogP contribution in [0.15, 0.2) is 73.1 Å². The molecule has 25 heavy (non-hydrogen) atoms. The molecule has 0 atom stereocenters. The molecular weight excluding hydrogens is 334 g/mol. The van der Waals surface area contributed by atoms with Gasteiger partial charge in [-0.3, -0.25) is 9.78 Å². The van der Waals surface area contributed by atoms with Crippen molar-refractivity contribution in [3.05, 3.63) is 89.2 Å². The Morgan fingerprint density at radius 3 is 2.56 bits per heavy atom. The summed E-state index contributed by atoms with van der Waals surface area (Å²) in [6, 6.07) is 19.1. The molecule has 0 aliphatic carbocycles. The van der Waals surface area contributed by atoms with Gasteiger partial charge in [-0.15, -0.1) is 0 Å². The molecule has 3 aromatic rings. The third-order valence-corrected chi connectivity index (χ3v) is 4.04. The number of hydrogen-bond donors (Lipinski definition) is 2. The van der Waals surface area contributed by atoms with Crippen LogP contribution in [0.2, 0.25) is 5.02 Å². The Kier molecular flexibility index (Phi) is 5.65. The fourth-order valence-electron chi connectivity index (χ4n) is 2.41. The standard InChI is InChI=1S/C20H18ClN3O/c21-18-8-4-5-9-19(18)24-20(25)16-12-17(14-22-13-16)23-11-10-15-6-2-1-3-7-15/h1-9,12-14,23H,10-11H2,(H,24,25). The maximum atomic E-state index is 12.4. The second kappa shape index (κ2) is 8.31. The maximum absolute atomic E-state index is 12.4. The molecule has 0 aliphatic heterocycles. The zero-order chi connectivity index (χ0) is 17.5. The van der Waals surface area contributed by atoms with Gasteiger partial charge in [0.15, 0.2) is 0 Å². The first-order valence-electron chi connectivity index (χ1n) is 8.01. The quantitative estimate of drug-likeness (QED) is 0.680. The summed E-state index contributed by atoms with van der Waals surface area (Å²) in [4.78, 5) is 16.5.